The second-order valence-corrected chi connectivity index (χ2v) is 4.68. The molecule has 0 saturated carbocycles. The first kappa shape index (κ1) is 11.0. The van der Waals surface area contributed by atoms with E-state index in [0.29, 0.717) is 0 Å². The van der Waals surface area contributed by atoms with Gasteiger partial charge in [0.25, 0.3) is 5.82 Å². The van der Waals surface area contributed by atoms with Crippen molar-refractivity contribution in [2.45, 2.75) is 6.92 Å². The van der Waals surface area contributed by atoms with E-state index in [1.54, 1.807) is 0 Å². The molecule has 3 aromatic rings. The van der Waals surface area contributed by atoms with Crippen molar-refractivity contribution >= 4 is 10.8 Å². The Morgan fingerprint density at radius 2 is 2.06 bits per heavy atom. The summed E-state index contributed by atoms with van der Waals surface area (Å²) in [5.74, 6) is 1.21. The fourth-order valence-corrected chi connectivity index (χ4v) is 2.54. The molecule has 0 unspecified atom stereocenters. The van der Waals surface area contributed by atoms with Gasteiger partial charge in [-0.1, -0.05) is 6.07 Å². The number of hydrogen-bond acceptors (Lipinski definition) is 1. The van der Waals surface area contributed by atoms with Gasteiger partial charge in [-0.3, -0.25) is 4.98 Å². The van der Waals surface area contributed by atoms with Crippen molar-refractivity contribution in [1.29, 1.82) is 0 Å². The monoisotopic (exact) mass is 238 g/mol. The Kier molecular flexibility index (Phi) is 2.40. The summed E-state index contributed by atoms with van der Waals surface area (Å²) in [6, 6.07) is 6.39. The summed E-state index contributed by atoms with van der Waals surface area (Å²) in [5, 5.41) is 2.46. The summed E-state index contributed by atoms with van der Waals surface area (Å²) >= 11 is 0. The number of imidazole rings is 1. The Morgan fingerprint density at radius 3 is 2.78 bits per heavy atom. The Morgan fingerprint density at radius 1 is 1.22 bits per heavy atom. The van der Waals surface area contributed by atoms with Crippen molar-refractivity contribution in [3.63, 3.8) is 0 Å². The summed E-state index contributed by atoms with van der Waals surface area (Å²) in [6.07, 6.45) is 7.91. The van der Waals surface area contributed by atoms with Gasteiger partial charge in [0.1, 0.15) is 12.4 Å². The maximum absolute atomic E-state index is 4.17. The van der Waals surface area contributed by atoms with Gasteiger partial charge in [-0.05, 0) is 30.0 Å². The lowest BCUT2D eigenvalue weighted by atomic mass is 10.0. The molecule has 3 nitrogen and oxygen atoms in total. The lowest BCUT2D eigenvalue weighted by Gasteiger charge is -2.07. The highest BCUT2D eigenvalue weighted by molar-refractivity contribution is 5.89. The Hall–Kier alpha value is -2.16. The van der Waals surface area contributed by atoms with Gasteiger partial charge in [-0.2, -0.15) is 0 Å². The lowest BCUT2D eigenvalue weighted by molar-refractivity contribution is -0.659. The minimum atomic E-state index is 1.19. The van der Waals surface area contributed by atoms with Crippen LogP contribution >= 0.6 is 0 Å². The molecule has 90 valence electrons. The van der Waals surface area contributed by atoms with Crippen LogP contribution in [-0.2, 0) is 14.1 Å². The van der Waals surface area contributed by atoms with Crippen molar-refractivity contribution in [3.8, 4) is 11.4 Å². The third kappa shape index (κ3) is 1.51. The largest absolute Gasteiger partial charge is 0.288 e. The first-order valence-corrected chi connectivity index (χ1v) is 6.03. The third-order valence-corrected chi connectivity index (χ3v) is 3.51. The van der Waals surface area contributed by atoms with E-state index >= 15 is 0 Å². The molecule has 0 aliphatic rings. The summed E-state index contributed by atoms with van der Waals surface area (Å²) in [7, 11) is 4.15. The number of pyridine rings is 1. The fourth-order valence-electron chi connectivity index (χ4n) is 2.54. The summed E-state index contributed by atoms with van der Waals surface area (Å²) in [4.78, 5) is 4.17. The number of hydrogen-bond donors (Lipinski definition) is 0. The number of rotatable bonds is 1. The zero-order valence-corrected chi connectivity index (χ0v) is 10.9. The van der Waals surface area contributed by atoms with Crippen molar-refractivity contribution in [1.82, 2.24) is 9.55 Å². The van der Waals surface area contributed by atoms with E-state index in [9.17, 15) is 0 Å². The molecule has 3 heteroatoms. The summed E-state index contributed by atoms with van der Waals surface area (Å²) in [6.45, 7) is 2.17. The SMILES string of the molecule is Cc1c(-c2n(C)cc[n+]2C)ccc2cnccc12. The highest BCUT2D eigenvalue weighted by Crippen LogP contribution is 2.27. The molecule has 0 spiro atoms. The van der Waals surface area contributed by atoms with Crippen molar-refractivity contribution in [3.05, 3.63) is 48.5 Å². The minimum absolute atomic E-state index is 1.19. The topological polar surface area (TPSA) is 21.7 Å². The Balaban J connectivity index is 2.34. The molecule has 0 atom stereocenters. The van der Waals surface area contributed by atoms with E-state index in [1.165, 1.54) is 27.7 Å². The van der Waals surface area contributed by atoms with Gasteiger partial charge in [0, 0.05) is 17.8 Å². The third-order valence-electron chi connectivity index (χ3n) is 3.51. The van der Waals surface area contributed by atoms with Crippen molar-refractivity contribution in [2.24, 2.45) is 14.1 Å². The van der Waals surface area contributed by atoms with E-state index in [-0.39, 0.29) is 0 Å². The van der Waals surface area contributed by atoms with Crippen molar-refractivity contribution < 1.29 is 4.57 Å². The molecule has 2 aromatic heterocycles. The maximum atomic E-state index is 4.17. The minimum Gasteiger partial charge on any atom is -0.264 e. The van der Waals surface area contributed by atoms with Gasteiger partial charge >= 0.3 is 0 Å². The van der Waals surface area contributed by atoms with E-state index in [1.807, 2.05) is 12.4 Å². The molecule has 0 fully saturated rings. The molecule has 0 radical (unpaired) electrons. The molecule has 0 aliphatic carbocycles. The van der Waals surface area contributed by atoms with Crippen LogP contribution in [0.15, 0.2) is 43.0 Å². The Labute approximate surface area is 106 Å². The predicted molar refractivity (Wildman–Crippen MR) is 72.1 cm³/mol. The zero-order valence-electron chi connectivity index (χ0n) is 10.9. The van der Waals surface area contributed by atoms with Crippen LogP contribution in [0.5, 0.6) is 0 Å². The molecule has 2 heterocycles. The van der Waals surface area contributed by atoms with Crippen LogP contribution in [0.4, 0.5) is 0 Å². The number of benzene rings is 1. The summed E-state index contributed by atoms with van der Waals surface area (Å²) < 4.78 is 4.30. The van der Waals surface area contributed by atoms with Crippen LogP contribution in [0, 0.1) is 6.92 Å². The molecule has 0 amide bonds. The molecular formula is C15H16N3+. The molecular weight excluding hydrogens is 222 g/mol. The van der Waals surface area contributed by atoms with Gasteiger partial charge in [0.15, 0.2) is 0 Å². The molecule has 0 bridgehead atoms. The highest BCUT2D eigenvalue weighted by Gasteiger charge is 2.17. The lowest BCUT2D eigenvalue weighted by Crippen LogP contribution is -2.29. The number of aryl methyl sites for hydroxylation is 3. The molecule has 3 rings (SSSR count). The highest BCUT2D eigenvalue weighted by atomic mass is 15.1. The zero-order chi connectivity index (χ0) is 12.7. The Bertz CT molecular complexity index is 706. The predicted octanol–water partition coefficient (Wildman–Crippen LogP) is 2.37. The normalized spacial score (nSPS) is 11.1. The first-order valence-electron chi connectivity index (χ1n) is 6.03. The summed E-state index contributed by atoms with van der Waals surface area (Å²) in [5.41, 5.74) is 2.57. The molecule has 18 heavy (non-hydrogen) atoms. The quantitative estimate of drug-likeness (QED) is 0.596. The number of aromatic nitrogens is 3. The van der Waals surface area contributed by atoms with Crippen LogP contribution in [0.1, 0.15) is 5.56 Å². The van der Waals surface area contributed by atoms with Gasteiger partial charge in [-0.15, -0.1) is 0 Å². The van der Waals surface area contributed by atoms with Crippen LogP contribution in [-0.4, -0.2) is 9.55 Å². The van der Waals surface area contributed by atoms with Gasteiger partial charge < -0.3 is 0 Å². The second-order valence-electron chi connectivity index (χ2n) is 4.68. The van der Waals surface area contributed by atoms with Crippen molar-refractivity contribution in [2.75, 3.05) is 0 Å². The van der Waals surface area contributed by atoms with Crippen LogP contribution < -0.4 is 4.57 Å². The molecule has 1 aromatic carbocycles. The van der Waals surface area contributed by atoms with Crippen LogP contribution in [0.2, 0.25) is 0 Å². The van der Waals surface area contributed by atoms with E-state index in [2.05, 4.69) is 65.7 Å². The van der Waals surface area contributed by atoms with Gasteiger partial charge in [0.2, 0.25) is 0 Å². The number of nitrogens with zero attached hydrogens (tertiary/aromatic N) is 3. The van der Waals surface area contributed by atoms with E-state index < -0.39 is 0 Å². The van der Waals surface area contributed by atoms with Crippen LogP contribution in [0.3, 0.4) is 0 Å². The smallest absolute Gasteiger partial charge is 0.264 e. The van der Waals surface area contributed by atoms with Gasteiger partial charge in [-0.25, -0.2) is 9.13 Å². The molecule has 0 saturated heterocycles. The maximum Gasteiger partial charge on any atom is 0.288 e. The number of fused-ring (bicyclic) bond motifs is 1. The van der Waals surface area contributed by atoms with E-state index in [0.717, 1.165) is 0 Å². The second kappa shape index (κ2) is 3.95. The fraction of sp³-hybridized carbons (Fsp3) is 0.200. The van der Waals surface area contributed by atoms with Gasteiger partial charge in [0.05, 0.1) is 19.7 Å². The average Bonchev–Trinajstić information content (AvgIpc) is 2.71. The molecule has 0 aliphatic heterocycles. The average molecular weight is 238 g/mol. The van der Waals surface area contributed by atoms with E-state index in [4.69, 9.17) is 0 Å². The first-order chi connectivity index (χ1) is 8.68. The van der Waals surface area contributed by atoms with Crippen LogP contribution in [0.25, 0.3) is 22.2 Å². The molecule has 0 N–H and O–H groups in total. The standard InChI is InChI=1S/C15H16N3/c1-11-13-6-7-16-10-12(13)4-5-14(11)15-17(2)8-9-18(15)3/h4-10H,1-3H3/q+1.